The Morgan fingerprint density at radius 2 is 1.92 bits per heavy atom. The van der Waals surface area contributed by atoms with Crippen molar-refractivity contribution in [2.24, 2.45) is 5.73 Å². The van der Waals surface area contributed by atoms with Crippen molar-refractivity contribution in [1.82, 2.24) is 10.2 Å². The molecule has 2 amide bonds. The van der Waals surface area contributed by atoms with Gasteiger partial charge in [0.1, 0.15) is 5.82 Å². The molecule has 2 aromatic rings. The quantitative estimate of drug-likeness (QED) is 0.695. The zero-order valence-corrected chi connectivity index (χ0v) is 15.6. The Bertz CT molecular complexity index is 783. The molecule has 0 aliphatic rings. The van der Waals surface area contributed by atoms with Gasteiger partial charge in [-0.1, -0.05) is 24.3 Å². The second-order valence-corrected chi connectivity index (χ2v) is 7.01. The lowest BCUT2D eigenvalue weighted by Crippen LogP contribution is -2.34. The second kappa shape index (κ2) is 9.35. The molecule has 5 nitrogen and oxygen atoms in total. The third-order valence-electron chi connectivity index (χ3n) is 3.81. The van der Waals surface area contributed by atoms with Crippen molar-refractivity contribution in [3.8, 4) is 0 Å². The van der Waals surface area contributed by atoms with Crippen LogP contribution >= 0.6 is 11.8 Å². The maximum atomic E-state index is 13.5. The lowest BCUT2D eigenvalue weighted by Gasteiger charge is -2.25. The number of carbonyl (C=O) groups excluding carboxylic acids is 2. The van der Waals surface area contributed by atoms with E-state index >= 15 is 0 Å². The molecular formula is C19H22FN3O2S. The number of nitrogens with two attached hydrogens (primary N) is 1. The van der Waals surface area contributed by atoms with Gasteiger partial charge in [-0.25, -0.2) is 4.39 Å². The number of primary amides is 1. The average molecular weight is 375 g/mol. The molecule has 0 spiro atoms. The summed E-state index contributed by atoms with van der Waals surface area (Å²) >= 11 is 1.23. The molecule has 2 aromatic carbocycles. The van der Waals surface area contributed by atoms with Crippen molar-refractivity contribution in [2.45, 2.75) is 10.9 Å². The Balaban J connectivity index is 2.10. The van der Waals surface area contributed by atoms with Crippen molar-refractivity contribution in [3.63, 3.8) is 0 Å². The lowest BCUT2D eigenvalue weighted by atomic mass is 10.1. The van der Waals surface area contributed by atoms with E-state index in [2.05, 4.69) is 5.32 Å². The van der Waals surface area contributed by atoms with Gasteiger partial charge in [0.05, 0.1) is 17.4 Å². The van der Waals surface area contributed by atoms with Crippen molar-refractivity contribution in [1.29, 1.82) is 0 Å². The van der Waals surface area contributed by atoms with Crippen LogP contribution in [0.3, 0.4) is 0 Å². The van der Waals surface area contributed by atoms with Crippen molar-refractivity contribution < 1.29 is 14.0 Å². The minimum atomic E-state index is -0.441. The molecule has 0 aromatic heterocycles. The minimum Gasteiger partial charge on any atom is -0.369 e. The number of hydrogen-bond donors (Lipinski definition) is 2. The number of halogens is 1. The number of nitrogens with zero attached hydrogens (tertiary/aromatic N) is 1. The Hall–Kier alpha value is -2.38. The molecule has 1 atom stereocenters. The van der Waals surface area contributed by atoms with Gasteiger partial charge in [-0.2, -0.15) is 0 Å². The number of thioether (sulfide) groups is 1. The first-order valence-corrected chi connectivity index (χ1v) is 9.07. The Kier molecular flexibility index (Phi) is 7.17. The summed E-state index contributed by atoms with van der Waals surface area (Å²) in [6, 6.07) is 13.2. The van der Waals surface area contributed by atoms with Crippen LogP contribution in [0.2, 0.25) is 0 Å². The summed E-state index contributed by atoms with van der Waals surface area (Å²) < 4.78 is 13.5. The van der Waals surface area contributed by atoms with Crippen LogP contribution in [-0.2, 0) is 4.79 Å². The second-order valence-electron chi connectivity index (χ2n) is 6.00. The minimum absolute atomic E-state index is 0.105. The third-order valence-corrected chi connectivity index (χ3v) is 4.91. The number of benzene rings is 2. The van der Waals surface area contributed by atoms with E-state index in [0.29, 0.717) is 17.0 Å². The van der Waals surface area contributed by atoms with Gasteiger partial charge in [-0.3, -0.25) is 9.59 Å². The molecule has 0 saturated carbocycles. The van der Waals surface area contributed by atoms with E-state index in [-0.39, 0.29) is 23.5 Å². The summed E-state index contributed by atoms with van der Waals surface area (Å²) in [4.78, 5) is 26.2. The van der Waals surface area contributed by atoms with Gasteiger partial charge in [0.15, 0.2) is 0 Å². The molecule has 7 heteroatoms. The van der Waals surface area contributed by atoms with Crippen LogP contribution in [0.4, 0.5) is 4.39 Å². The van der Waals surface area contributed by atoms with E-state index < -0.39 is 5.91 Å². The van der Waals surface area contributed by atoms with Crippen LogP contribution in [0, 0.1) is 5.82 Å². The maximum Gasteiger partial charge on any atom is 0.252 e. The third kappa shape index (κ3) is 5.57. The Labute approximate surface area is 156 Å². The first-order chi connectivity index (χ1) is 12.4. The SMILES string of the molecule is CN(C)C(CNC(=O)c1ccccc1SCC(N)=O)c1cccc(F)c1. The van der Waals surface area contributed by atoms with Crippen LogP contribution in [0.15, 0.2) is 53.4 Å². The molecule has 0 heterocycles. The number of rotatable bonds is 8. The summed E-state index contributed by atoms with van der Waals surface area (Å²) in [6.07, 6.45) is 0. The normalized spacial score (nSPS) is 12.0. The van der Waals surface area contributed by atoms with E-state index in [1.807, 2.05) is 25.1 Å². The maximum absolute atomic E-state index is 13.5. The zero-order valence-electron chi connectivity index (χ0n) is 14.7. The largest absolute Gasteiger partial charge is 0.369 e. The number of nitrogens with one attached hydrogen (secondary N) is 1. The molecule has 0 bridgehead atoms. The van der Waals surface area contributed by atoms with Crippen LogP contribution in [0.5, 0.6) is 0 Å². The number of hydrogen-bond acceptors (Lipinski definition) is 4. The molecule has 2 rings (SSSR count). The Morgan fingerprint density at radius 1 is 1.19 bits per heavy atom. The van der Waals surface area contributed by atoms with Gasteiger partial charge in [0.2, 0.25) is 5.91 Å². The summed E-state index contributed by atoms with van der Waals surface area (Å²) in [5, 5.41) is 2.89. The van der Waals surface area contributed by atoms with Crippen molar-refractivity contribution in [3.05, 3.63) is 65.5 Å². The lowest BCUT2D eigenvalue weighted by molar-refractivity contribution is -0.115. The first kappa shape index (κ1) is 19.9. The van der Waals surface area contributed by atoms with Crippen LogP contribution in [0.25, 0.3) is 0 Å². The first-order valence-electron chi connectivity index (χ1n) is 8.08. The molecule has 26 heavy (non-hydrogen) atoms. The van der Waals surface area contributed by atoms with Crippen LogP contribution in [0.1, 0.15) is 22.0 Å². The molecular weight excluding hydrogens is 353 g/mol. The molecule has 1 unspecified atom stereocenters. The van der Waals surface area contributed by atoms with Gasteiger partial charge < -0.3 is 16.0 Å². The van der Waals surface area contributed by atoms with E-state index in [4.69, 9.17) is 5.73 Å². The summed E-state index contributed by atoms with van der Waals surface area (Å²) in [5.74, 6) is -0.896. The summed E-state index contributed by atoms with van der Waals surface area (Å²) in [6.45, 7) is 0.324. The van der Waals surface area contributed by atoms with Crippen LogP contribution < -0.4 is 11.1 Å². The van der Waals surface area contributed by atoms with E-state index in [1.54, 1.807) is 30.3 Å². The van der Waals surface area contributed by atoms with E-state index in [0.717, 1.165) is 5.56 Å². The number of amides is 2. The van der Waals surface area contributed by atoms with Gasteiger partial charge in [-0.05, 0) is 43.9 Å². The van der Waals surface area contributed by atoms with Crippen LogP contribution in [-0.4, -0.2) is 43.1 Å². The zero-order chi connectivity index (χ0) is 19.1. The van der Waals surface area contributed by atoms with Gasteiger partial charge in [0.25, 0.3) is 5.91 Å². The predicted molar refractivity (Wildman–Crippen MR) is 102 cm³/mol. The molecule has 138 valence electrons. The van der Waals surface area contributed by atoms with Crippen molar-refractivity contribution in [2.75, 3.05) is 26.4 Å². The van der Waals surface area contributed by atoms with Gasteiger partial charge in [0, 0.05) is 11.4 Å². The molecule has 3 N–H and O–H groups in total. The standard InChI is InChI=1S/C19H22FN3O2S/c1-23(2)16(13-6-5-7-14(20)10-13)11-22-19(25)15-8-3-4-9-17(15)26-12-18(21)24/h3-10,16H,11-12H2,1-2H3,(H2,21,24)(H,22,25). The predicted octanol–water partition coefficient (Wildman–Crippen LogP) is 2.44. The summed E-state index contributed by atoms with van der Waals surface area (Å²) in [7, 11) is 3.75. The molecule has 0 radical (unpaired) electrons. The highest BCUT2D eigenvalue weighted by atomic mass is 32.2. The Morgan fingerprint density at radius 3 is 2.58 bits per heavy atom. The highest BCUT2D eigenvalue weighted by Crippen LogP contribution is 2.23. The fourth-order valence-electron chi connectivity index (χ4n) is 2.53. The number of likely N-dealkylation sites (N-methyl/N-ethyl adjacent to an activating group) is 1. The topological polar surface area (TPSA) is 75.4 Å². The molecule has 0 aliphatic heterocycles. The molecule has 0 aliphatic carbocycles. The average Bonchev–Trinajstić information content (AvgIpc) is 2.60. The van der Waals surface area contributed by atoms with Crippen molar-refractivity contribution >= 4 is 23.6 Å². The molecule has 0 fully saturated rings. The highest BCUT2D eigenvalue weighted by molar-refractivity contribution is 8.00. The van der Waals surface area contributed by atoms with E-state index in [1.165, 1.54) is 23.9 Å². The van der Waals surface area contributed by atoms with Gasteiger partial charge >= 0.3 is 0 Å². The number of carbonyl (C=O) groups is 2. The van der Waals surface area contributed by atoms with E-state index in [9.17, 15) is 14.0 Å². The molecule has 0 saturated heterocycles. The van der Waals surface area contributed by atoms with Gasteiger partial charge in [-0.15, -0.1) is 11.8 Å². The summed E-state index contributed by atoms with van der Waals surface area (Å²) in [5.41, 5.74) is 6.44. The fraction of sp³-hybridized carbons (Fsp3) is 0.263. The smallest absolute Gasteiger partial charge is 0.252 e. The fourth-order valence-corrected chi connectivity index (χ4v) is 3.31. The highest BCUT2D eigenvalue weighted by Gasteiger charge is 2.18. The monoisotopic (exact) mass is 375 g/mol.